The topological polar surface area (TPSA) is 95.7 Å². The van der Waals surface area contributed by atoms with Crippen molar-refractivity contribution >= 4 is 17.6 Å². The molecule has 0 atom stereocenters. The summed E-state index contributed by atoms with van der Waals surface area (Å²) in [7, 11) is 0. The minimum Gasteiger partial charge on any atom is -0.462 e. The maximum Gasteiger partial charge on any atom is 0.344 e. The van der Waals surface area contributed by atoms with Crippen LogP contribution in [-0.4, -0.2) is 23.5 Å². The number of hydrogen-bond donors (Lipinski definition) is 0. The lowest BCUT2D eigenvalue weighted by molar-refractivity contribution is -0.385. The zero-order valence-corrected chi connectivity index (χ0v) is 15.6. The predicted octanol–water partition coefficient (Wildman–Crippen LogP) is 4.69. The Kier molecular flexibility index (Phi) is 6.54. The van der Waals surface area contributed by atoms with E-state index < -0.39 is 34.1 Å². The van der Waals surface area contributed by atoms with E-state index in [1.807, 2.05) is 0 Å². The molecule has 7 nitrogen and oxygen atoms in total. The van der Waals surface area contributed by atoms with E-state index in [1.165, 1.54) is 24.6 Å². The molecule has 0 heterocycles. The van der Waals surface area contributed by atoms with Crippen molar-refractivity contribution < 1.29 is 28.4 Å². The molecule has 0 spiro atoms. The number of esters is 2. The molecule has 0 radical (unpaired) electrons. The van der Waals surface area contributed by atoms with Gasteiger partial charge in [0.1, 0.15) is 5.82 Å². The second-order valence-electron chi connectivity index (χ2n) is 6.91. The molecule has 3 rings (SSSR count). The molecule has 0 bridgehead atoms. The van der Waals surface area contributed by atoms with Crippen LogP contribution in [-0.2, 0) is 4.74 Å². The van der Waals surface area contributed by atoms with Crippen LogP contribution in [0.3, 0.4) is 0 Å². The molecular formula is C21H20FNO6. The zero-order valence-electron chi connectivity index (χ0n) is 15.6. The van der Waals surface area contributed by atoms with Crippen molar-refractivity contribution in [3.05, 3.63) is 69.5 Å². The number of rotatable bonds is 6. The summed E-state index contributed by atoms with van der Waals surface area (Å²) in [4.78, 5) is 35.3. The van der Waals surface area contributed by atoms with Crippen molar-refractivity contribution in [2.24, 2.45) is 5.92 Å². The molecule has 0 aliphatic heterocycles. The van der Waals surface area contributed by atoms with Gasteiger partial charge in [-0.25, -0.2) is 14.0 Å². The van der Waals surface area contributed by atoms with Crippen LogP contribution < -0.4 is 4.74 Å². The summed E-state index contributed by atoms with van der Waals surface area (Å²) in [5, 5.41) is 11.1. The molecular weight excluding hydrogens is 381 g/mol. The third-order valence-electron chi connectivity index (χ3n) is 4.86. The molecule has 1 aliphatic rings. The molecule has 8 heteroatoms. The average molecular weight is 401 g/mol. The van der Waals surface area contributed by atoms with E-state index in [-0.39, 0.29) is 17.7 Å². The third kappa shape index (κ3) is 5.16. The maximum absolute atomic E-state index is 13.3. The monoisotopic (exact) mass is 401 g/mol. The summed E-state index contributed by atoms with van der Waals surface area (Å²) in [5.41, 5.74) is -0.756. The minimum atomic E-state index is -0.968. The molecule has 29 heavy (non-hydrogen) atoms. The Hall–Kier alpha value is -3.29. The summed E-state index contributed by atoms with van der Waals surface area (Å²) in [6, 6.07) is 8.51. The Balaban J connectivity index is 1.75. The molecule has 0 amide bonds. The highest BCUT2D eigenvalue weighted by atomic mass is 19.1. The van der Waals surface area contributed by atoms with E-state index in [2.05, 4.69) is 0 Å². The summed E-state index contributed by atoms with van der Waals surface area (Å²) in [5.74, 6) is -2.55. The number of hydrogen-bond acceptors (Lipinski definition) is 6. The largest absolute Gasteiger partial charge is 0.462 e. The molecule has 2 aromatic rings. The van der Waals surface area contributed by atoms with Crippen molar-refractivity contribution in [1.82, 2.24) is 0 Å². The van der Waals surface area contributed by atoms with Gasteiger partial charge in [-0.05, 0) is 43.0 Å². The van der Waals surface area contributed by atoms with E-state index >= 15 is 0 Å². The first kappa shape index (κ1) is 20.4. The molecule has 0 aromatic heterocycles. The van der Waals surface area contributed by atoms with Crippen LogP contribution in [0.2, 0.25) is 0 Å². The maximum atomic E-state index is 13.3. The fourth-order valence-corrected chi connectivity index (χ4v) is 3.34. The van der Waals surface area contributed by atoms with Crippen LogP contribution in [0.15, 0.2) is 42.5 Å². The van der Waals surface area contributed by atoms with E-state index in [0.29, 0.717) is 12.0 Å². The highest BCUT2D eigenvalue weighted by Crippen LogP contribution is 2.29. The first-order chi connectivity index (χ1) is 14.0. The standard InChI is InChI=1S/C21H20FNO6/c22-15-10-11-19(18(12-15)23(26)27)29-21(25)17-9-5-4-8-16(17)20(24)28-13-14-6-2-1-3-7-14/h4-5,8-12,14H,1-3,6-7,13H2. The van der Waals surface area contributed by atoms with Gasteiger partial charge in [0, 0.05) is 0 Å². The van der Waals surface area contributed by atoms with E-state index in [9.17, 15) is 24.1 Å². The van der Waals surface area contributed by atoms with Gasteiger partial charge in [0.25, 0.3) is 0 Å². The summed E-state index contributed by atoms with van der Waals surface area (Å²) >= 11 is 0. The van der Waals surface area contributed by atoms with E-state index in [0.717, 1.165) is 37.8 Å². The number of benzene rings is 2. The number of carbonyl (C=O) groups is 2. The smallest absolute Gasteiger partial charge is 0.344 e. The van der Waals surface area contributed by atoms with E-state index in [1.54, 1.807) is 6.07 Å². The molecule has 0 saturated heterocycles. The van der Waals surface area contributed by atoms with Crippen LogP contribution >= 0.6 is 0 Å². The fraction of sp³-hybridized carbons (Fsp3) is 0.333. The SMILES string of the molecule is O=C(OCC1CCCCC1)c1ccccc1C(=O)Oc1ccc(F)cc1[N+](=O)[O-]. The lowest BCUT2D eigenvalue weighted by atomic mass is 9.90. The van der Waals surface area contributed by atoms with E-state index in [4.69, 9.17) is 9.47 Å². The van der Waals surface area contributed by atoms with Crippen LogP contribution in [0.5, 0.6) is 5.75 Å². The Labute approximate surface area is 166 Å². The van der Waals surface area contributed by atoms with Gasteiger partial charge in [-0.15, -0.1) is 0 Å². The van der Waals surface area contributed by atoms with Crippen LogP contribution in [0.25, 0.3) is 0 Å². The van der Waals surface area contributed by atoms with Crippen LogP contribution in [0, 0.1) is 21.8 Å². The van der Waals surface area contributed by atoms with Crippen LogP contribution in [0.4, 0.5) is 10.1 Å². The Morgan fingerprint density at radius 2 is 1.69 bits per heavy atom. The number of nitrogens with zero attached hydrogens (tertiary/aromatic N) is 1. The quantitative estimate of drug-likeness (QED) is 0.302. The summed E-state index contributed by atoms with van der Waals surface area (Å²) in [6.45, 7) is 0.283. The lowest BCUT2D eigenvalue weighted by Gasteiger charge is -2.21. The molecule has 0 N–H and O–H groups in total. The van der Waals surface area contributed by atoms with Crippen molar-refractivity contribution in [3.63, 3.8) is 0 Å². The zero-order chi connectivity index (χ0) is 20.8. The average Bonchev–Trinajstić information content (AvgIpc) is 2.73. The number of halogens is 1. The van der Waals surface area contributed by atoms with Gasteiger partial charge in [-0.1, -0.05) is 31.4 Å². The summed E-state index contributed by atoms with van der Waals surface area (Å²) in [6.07, 6.45) is 5.42. The first-order valence-electron chi connectivity index (χ1n) is 9.38. The number of nitro benzene ring substituents is 1. The normalized spacial score (nSPS) is 14.2. The molecule has 1 fully saturated rings. The third-order valence-corrected chi connectivity index (χ3v) is 4.86. The Bertz CT molecular complexity index is 923. The highest BCUT2D eigenvalue weighted by molar-refractivity contribution is 6.03. The van der Waals surface area contributed by atoms with Crippen LogP contribution in [0.1, 0.15) is 52.8 Å². The van der Waals surface area contributed by atoms with Gasteiger partial charge < -0.3 is 9.47 Å². The van der Waals surface area contributed by atoms with Gasteiger partial charge in [-0.2, -0.15) is 0 Å². The fourth-order valence-electron chi connectivity index (χ4n) is 3.34. The van der Waals surface area contributed by atoms with Gasteiger partial charge in [-0.3, -0.25) is 10.1 Å². The second-order valence-corrected chi connectivity index (χ2v) is 6.91. The van der Waals surface area contributed by atoms with Gasteiger partial charge in [0.2, 0.25) is 5.75 Å². The van der Waals surface area contributed by atoms with Crippen molar-refractivity contribution in [2.75, 3.05) is 6.61 Å². The van der Waals surface area contributed by atoms with Crippen molar-refractivity contribution in [3.8, 4) is 5.75 Å². The Morgan fingerprint density at radius 3 is 2.34 bits per heavy atom. The van der Waals surface area contributed by atoms with Gasteiger partial charge >= 0.3 is 17.6 Å². The first-order valence-corrected chi connectivity index (χ1v) is 9.38. The molecule has 2 aromatic carbocycles. The second kappa shape index (κ2) is 9.27. The molecule has 1 aliphatic carbocycles. The Morgan fingerprint density at radius 1 is 1.03 bits per heavy atom. The number of nitro groups is 1. The van der Waals surface area contributed by atoms with Gasteiger partial charge in [0.05, 0.1) is 28.7 Å². The van der Waals surface area contributed by atoms with Crippen molar-refractivity contribution in [2.45, 2.75) is 32.1 Å². The molecule has 1 saturated carbocycles. The summed E-state index contributed by atoms with van der Waals surface area (Å²) < 4.78 is 23.7. The molecule has 152 valence electrons. The lowest BCUT2D eigenvalue weighted by Crippen LogP contribution is -2.20. The van der Waals surface area contributed by atoms with Gasteiger partial charge in [0.15, 0.2) is 0 Å². The predicted molar refractivity (Wildman–Crippen MR) is 101 cm³/mol. The number of carbonyl (C=O) groups excluding carboxylic acids is 2. The molecule has 0 unspecified atom stereocenters. The minimum absolute atomic E-state index is 0.0121. The number of ether oxygens (including phenoxy) is 2. The van der Waals surface area contributed by atoms with Crippen molar-refractivity contribution in [1.29, 1.82) is 0 Å². The highest BCUT2D eigenvalue weighted by Gasteiger charge is 2.24.